The molecule has 2 rings (SSSR count). The van der Waals surface area contributed by atoms with Gasteiger partial charge in [-0.1, -0.05) is 6.07 Å². The third kappa shape index (κ3) is 2.83. The first-order chi connectivity index (χ1) is 8.58. The van der Waals surface area contributed by atoms with Crippen molar-refractivity contribution in [3.63, 3.8) is 0 Å². The van der Waals surface area contributed by atoms with Gasteiger partial charge in [0.05, 0.1) is 6.61 Å². The van der Waals surface area contributed by atoms with Gasteiger partial charge in [-0.2, -0.15) is 0 Å². The molecular weight excluding hydrogens is 242 g/mol. The average molecular weight is 256 g/mol. The largest absolute Gasteiger partial charge is 0.370 e. The van der Waals surface area contributed by atoms with Gasteiger partial charge < -0.3 is 15.4 Å². The Hall–Kier alpha value is -1.53. The van der Waals surface area contributed by atoms with Crippen LogP contribution in [-0.2, 0) is 9.53 Å². The molecule has 98 valence electrons. The van der Waals surface area contributed by atoms with Crippen molar-refractivity contribution >= 4 is 5.91 Å². The number of carbonyl (C=O) groups is 1. The van der Waals surface area contributed by atoms with Crippen LogP contribution in [0.4, 0.5) is 8.78 Å². The number of hydrogen-bond acceptors (Lipinski definition) is 3. The highest BCUT2D eigenvalue weighted by Gasteiger charge is 2.21. The third-order valence-electron chi connectivity index (χ3n) is 2.87. The summed E-state index contributed by atoms with van der Waals surface area (Å²) in [6, 6.07) is 2.98. The first kappa shape index (κ1) is 12.9. The van der Waals surface area contributed by atoms with E-state index >= 15 is 0 Å². The Morgan fingerprint density at radius 3 is 2.83 bits per heavy atom. The van der Waals surface area contributed by atoms with E-state index in [1.807, 2.05) is 0 Å². The highest BCUT2D eigenvalue weighted by atomic mass is 19.2. The van der Waals surface area contributed by atoms with Crippen molar-refractivity contribution in [3.8, 4) is 0 Å². The summed E-state index contributed by atoms with van der Waals surface area (Å²) >= 11 is 0. The molecule has 0 bridgehead atoms. The fraction of sp³-hybridized carbons (Fsp3) is 0.417. The number of hydrogen-bond donors (Lipinski definition) is 1. The number of benzene rings is 1. The van der Waals surface area contributed by atoms with Gasteiger partial charge in [-0.15, -0.1) is 0 Å². The fourth-order valence-electron chi connectivity index (χ4n) is 1.83. The number of morpholine rings is 1. The maximum absolute atomic E-state index is 13.1. The van der Waals surface area contributed by atoms with Crippen LogP contribution in [0, 0.1) is 11.6 Å². The SMILES string of the molecule is NC(CN1CCOCC1=O)c1ccc(F)c(F)c1. The normalized spacial score (nSPS) is 17.9. The molecule has 0 radical (unpaired) electrons. The molecule has 0 saturated carbocycles. The van der Waals surface area contributed by atoms with Crippen LogP contribution in [0.3, 0.4) is 0 Å². The molecule has 1 saturated heterocycles. The summed E-state index contributed by atoms with van der Waals surface area (Å²) in [5.41, 5.74) is 6.35. The molecule has 4 nitrogen and oxygen atoms in total. The molecule has 1 unspecified atom stereocenters. The molecule has 1 amide bonds. The zero-order valence-electron chi connectivity index (χ0n) is 9.73. The zero-order valence-corrected chi connectivity index (χ0v) is 9.73. The number of rotatable bonds is 3. The lowest BCUT2D eigenvalue weighted by Gasteiger charge is -2.29. The average Bonchev–Trinajstić information content (AvgIpc) is 2.35. The van der Waals surface area contributed by atoms with Gasteiger partial charge in [-0.05, 0) is 17.7 Å². The Kier molecular flexibility index (Phi) is 3.88. The van der Waals surface area contributed by atoms with Crippen LogP contribution in [-0.4, -0.2) is 37.1 Å². The summed E-state index contributed by atoms with van der Waals surface area (Å²) < 4.78 is 30.8. The van der Waals surface area contributed by atoms with Gasteiger partial charge in [0.1, 0.15) is 6.61 Å². The summed E-state index contributed by atoms with van der Waals surface area (Å²) in [7, 11) is 0. The van der Waals surface area contributed by atoms with Crippen molar-refractivity contribution in [1.29, 1.82) is 0 Å². The van der Waals surface area contributed by atoms with Crippen LogP contribution in [0.2, 0.25) is 0 Å². The quantitative estimate of drug-likeness (QED) is 0.871. The topological polar surface area (TPSA) is 55.6 Å². The van der Waals surface area contributed by atoms with Gasteiger partial charge in [0.15, 0.2) is 11.6 Å². The van der Waals surface area contributed by atoms with E-state index in [4.69, 9.17) is 10.5 Å². The van der Waals surface area contributed by atoms with Gasteiger partial charge in [-0.25, -0.2) is 8.78 Å². The van der Waals surface area contributed by atoms with E-state index in [2.05, 4.69) is 0 Å². The molecule has 1 atom stereocenters. The second kappa shape index (κ2) is 5.41. The predicted octanol–water partition coefficient (Wildman–Crippen LogP) is 0.823. The molecule has 0 aromatic heterocycles. The third-order valence-corrected chi connectivity index (χ3v) is 2.87. The Labute approximate surface area is 103 Å². The number of halogens is 2. The van der Waals surface area contributed by atoms with Gasteiger partial charge in [0, 0.05) is 19.1 Å². The molecule has 0 aliphatic carbocycles. The molecule has 2 N–H and O–H groups in total. The molecule has 1 heterocycles. The first-order valence-electron chi connectivity index (χ1n) is 5.64. The number of ether oxygens (including phenoxy) is 1. The van der Waals surface area contributed by atoms with E-state index in [9.17, 15) is 13.6 Å². The van der Waals surface area contributed by atoms with E-state index in [-0.39, 0.29) is 19.1 Å². The number of carbonyl (C=O) groups excluding carboxylic acids is 1. The summed E-state index contributed by atoms with van der Waals surface area (Å²) in [4.78, 5) is 13.1. The molecule has 0 spiro atoms. The molecule has 1 aliphatic heterocycles. The first-order valence-corrected chi connectivity index (χ1v) is 5.64. The molecule has 18 heavy (non-hydrogen) atoms. The second-order valence-electron chi connectivity index (χ2n) is 4.17. The molecule has 1 aliphatic rings. The summed E-state index contributed by atoms with van der Waals surface area (Å²) in [5, 5.41) is 0. The van der Waals surface area contributed by atoms with E-state index in [0.29, 0.717) is 18.7 Å². The van der Waals surface area contributed by atoms with Gasteiger partial charge in [0.2, 0.25) is 5.91 Å². The minimum Gasteiger partial charge on any atom is -0.370 e. The van der Waals surface area contributed by atoms with Gasteiger partial charge in [0.25, 0.3) is 0 Å². The lowest BCUT2D eigenvalue weighted by molar-refractivity contribution is -0.142. The molecule has 6 heteroatoms. The van der Waals surface area contributed by atoms with E-state index in [1.54, 1.807) is 4.90 Å². The zero-order chi connectivity index (χ0) is 13.1. The lowest BCUT2D eigenvalue weighted by atomic mass is 10.1. The van der Waals surface area contributed by atoms with E-state index in [0.717, 1.165) is 12.1 Å². The van der Waals surface area contributed by atoms with Crippen molar-refractivity contribution in [1.82, 2.24) is 4.90 Å². The van der Waals surface area contributed by atoms with Crippen molar-refractivity contribution < 1.29 is 18.3 Å². The number of nitrogens with two attached hydrogens (primary N) is 1. The maximum Gasteiger partial charge on any atom is 0.248 e. The molecule has 1 fully saturated rings. The van der Waals surface area contributed by atoms with E-state index in [1.165, 1.54) is 6.07 Å². The lowest BCUT2D eigenvalue weighted by Crippen LogP contribution is -2.44. The Bertz CT molecular complexity index is 454. The summed E-state index contributed by atoms with van der Waals surface area (Å²) in [6.07, 6.45) is 0. The summed E-state index contributed by atoms with van der Waals surface area (Å²) in [5.74, 6) is -1.98. The Morgan fingerprint density at radius 2 is 2.17 bits per heavy atom. The number of amides is 1. The highest BCUT2D eigenvalue weighted by molar-refractivity contribution is 5.78. The monoisotopic (exact) mass is 256 g/mol. The fourth-order valence-corrected chi connectivity index (χ4v) is 1.83. The van der Waals surface area contributed by atoms with Crippen LogP contribution < -0.4 is 5.73 Å². The minimum absolute atomic E-state index is 0.0461. The van der Waals surface area contributed by atoms with Crippen LogP contribution in [0.1, 0.15) is 11.6 Å². The second-order valence-corrected chi connectivity index (χ2v) is 4.17. The molecule has 1 aromatic rings. The smallest absolute Gasteiger partial charge is 0.248 e. The van der Waals surface area contributed by atoms with Crippen LogP contribution in [0.5, 0.6) is 0 Å². The van der Waals surface area contributed by atoms with Crippen molar-refractivity contribution in [2.24, 2.45) is 5.73 Å². The van der Waals surface area contributed by atoms with Gasteiger partial charge in [-0.3, -0.25) is 4.79 Å². The Morgan fingerprint density at radius 1 is 1.39 bits per heavy atom. The van der Waals surface area contributed by atoms with Crippen LogP contribution >= 0.6 is 0 Å². The van der Waals surface area contributed by atoms with Crippen molar-refractivity contribution in [3.05, 3.63) is 35.4 Å². The highest BCUT2D eigenvalue weighted by Crippen LogP contribution is 2.16. The standard InChI is InChI=1S/C12H14F2N2O2/c13-9-2-1-8(5-10(9)14)11(15)6-16-3-4-18-7-12(16)17/h1-2,5,11H,3-4,6-7,15H2. The Balaban J connectivity index is 2.04. The van der Waals surface area contributed by atoms with Crippen molar-refractivity contribution in [2.45, 2.75) is 6.04 Å². The van der Waals surface area contributed by atoms with Gasteiger partial charge >= 0.3 is 0 Å². The maximum atomic E-state index is 13.1. The van der Waals surface area contributed by atoms with Crippen molar-refractivity contribution in [2.75, 3.05) is 26.3 Å². The van der Waals surface area contributed by atoms with E-state index < -0.39 is 17.7 Å². The minimum atomic E-state index is -0.934. The summed E-state index contributed by atoms with van der Waals surface area (Å²) in [6.45, 7) is 1.25. The predicted molar refractivity (Wildman–Crippen MR) is 60.7 cm³/mol. The molecule has 1 aromatic carbocycles. The molecular formula is C12H14F2N2O2. The van der Waals surface area contributed by atoms with Crippen LogP contribution in [0.25, 0.3) is 0 Å². The number of nitrogens with zero attached hydrogens (tertiary/aromatic N) is 1. The van der Waals surface area contributed by atoms with Crippen LogP contribution in [0.15, 0.2) is 18.2 Å².